The van der Waals surface area contributed by atoms with E-state index in [9.17, 15) is 9.90 Å². The van der Waals surface area contributed by atoms with Crippen LogP contribution in [0.5, 0.6) is 0 Å². The van der Waals surface area contributed by atoms with Crippen molar-refractivity contribution in [1.82, 2.24) is 5.32 Å². The first-order valence-electron chi connectivity index (χ1n) is 6.24. The molecule has 18 heavy (non-hydrogen) atoms. The molecule has 2 rings (SSSR count). The molecule has 3 nitrogen and oxygen atoms in total. The van der Waals surface area contributed by atoms with Crippen molar-refractivity contribution in [2.24, 2.45) is 5.92 Å². The summed E-state index contributed by atoms with van der Waals surface area (Å²) in [5.74, 6) is 0.439. The highest BCUT2D eigenvalue weighted by Crippen LogP contribution is 2.31. The lowest BCUT2D eigenvalue weighted by molar-refractivity contribution is -0.0109. The fourth-order valence-corrected chi connectivity index (χ4v) is 3.86. The van der Waals surface area contributed by atoms with Gasteiger partial charge in [0.05, 0.1) is 14.3 Å². The summed E-state index contributed by atoms with van der Waals surface area (Å²) < 4.78 is 0.942. The molecule has 1 amide bonds. The molecule has 2 unspecified atom stereocenters. The van der Waals surface area contributed by atoms with Gasteiger partial charge in [0.1, 0.15) is 0 Å². The van der Waals surface area contributed by atoms with Crippen LogP contribution >= 0.6 is 27.3 Å². The van der Waals surface area contributed by atoms with E-state index in [0.717, 1.165) is 23.0 Å². The highest BCUT2D eigenvalue weighted by Gasteiger charge is 2.32. The Morgan fingerprint density at radius 3 is 3.06 bits per heavy atom. The average molecular weight is 332 g/mol. The van der Waals surface area contributed by atoms with Gasteiger partial charge in [0.15, 0.2) is 0 Å². The van der Waals surface area contributed by atoms with Crippen LogP contribution in [0.3, 0.4) is 0 Å². The first-order chi connectivity index (χ1) is 8.48. The Hall–Kier alpha value is -0.390. The Bertz CT molecular complexity index is 434. The molecule has 0 aliphatic heterocycles. The number of amides is 1. The van der Waals surface area contributed by atoms with E-state index < -0.39 is 5.60 Å². The van der Waals surface area contributed by atoms with Gasteiger partial charge < -0.3 is 10.4 Å². The summed E-state index contributed by atoms with van der Waals surface area (Å²) in [6.07, 6.45) is 3.78. The van der Waals surface area contributed by atoms with Crippen LogP contribution < -0.4 is 5.32 Å². The highest BCUT2D eigenvalue weighted by atomic mass is 79.9. The second kappa shape index (κ2) is 5.72. The fourth-order valence-electron chi connectivity index (χ4n) is 2.56. The van der Waals surface area contributed by atoms with Crippen LogP contribution in [0.1, 0.15) is 42.3 Å². The van der Waals surface area contributed by atoms with Crippen molar-refractivity contribution in [3.05, 3.63) is 20.8 Å². The Kier molecular flexibility index (Phi) is 4.45. The van der Waals surface area contributed by atoms with E-state index in [-0.39, 0.29) is 5.91 Å². The Morgan fingerprint density at radius 1 is 1.67 bits per heavy atom. The van der Waals surface area contributed by atoms with Gasteiger partial charge in [-0.3, -0.25) is 4.79 Å². The van der Waals surface area contributed by atoms with Crippen LogP contribution in [0.2, 0.25) is 0 Å². The van der Waals surface area contributed by atoms with Crippen molar-refractivity contribution in [2.75, 3.05) is 6.54 Å². The molecule has 1 aromatic heterocycles. The zero-order valence-corrected chi connectivity index (χ0v) is 12.8. The van der Waals surface area contributed by atoms with Gasteiger partial charge in [0.25, 0.3) is 5.91 Å². The minimum absolute atomic E-state index is 0.0997. The van der Waals surface area contributed by atoms with Crippen LogP contribution in [-0.2, 0) is 0 Å². The summed E-state index contributed by atoms with van der Waals surface area (Å²) in [4.78, 5) is 12.6. The molecule has 1 saturated carbocycles. The lowest BCUT2D eigenvalue weighted by Gasteiger charge is -2.35. The second-order valence-corrected chi connectivity index (χ2v) is 7.68. The van der Waals surface area contributed by atoms with Gasteiger partial charge in [-0.15, -0.1) is 11.3 Å². The topological polar surface area (TPSA) is 49.3 Å². The number of halogens is 1. The normalized spacial score (nSPS) is 28.1. The molecule has 1 aliphatic carbocycles. The van der Waals surface area contributed by atoms with Crippen LogP contribution in [-0.4, -0.2) is 23.2 Å². The maximum absolute atomic E-state index is 11.9. The fraction of sp³-hybridized carbons (Fsp3) is 0.615. The quantitative estimate of drug-likeness (QED) is 0.893. The first-order valence-corrected chi connectivity index (χ1v) is 7.85. The van der Waals surface area contributed by atoms with Gasteiger partial charge in [0.2, 0.25) is 0 Å². The second-order valence-electron chi connectivity index (χ2n) is 5.21. The summed E-state index contributed by atoms with van der Waals surface area (Å²) in [7, 11) is 0. The number of hydrogen-bond donors (Lipinski definition) is 2. The molecule has 1 aromatic rings. The largest absolute Gasteiger partial charge is 0.388 e. The number of hydrogen-bond acceptors (Lipinski definition) is 3. The molecule has 0 spiro atoms. The van der Waals surface area contributed by atoms with E-state index in [2.05, 4.69) is 28.2 Å². The van der Waals surface area contributed by atoms with E-state index >= 15 is 0 Å². The third kappa shape index (κ3) is 3.56. The number of rotatable bonds is 3. The molecule has 1 fully saturated rings. The molecule has 100 valence electrons. The standard InChI is InChI=1S/C13H18BrNO2S/c1-9-3-2-6-13(17,7-9)8-15-12(16)10-4-5-11(14)18-10/h4-5,9,17H,2-3,6-8H2,1H3,(H,15,16). The molecular weight excluding hydrogens is 314 g/mol. The minimum atomic E-state index is -0.720. The van der Waals surface area contributed by atoms with Crippen molar-refractivity contribution in [3.63, 3.8) is 0 Å². The van der Waals surface area contributed by atoms with E-state index in [4.69, 9.17) is 0 Å². The summed E-state index contributed by atoms with van der Waals surface area (Å²) >= 11 is 4.74. The van der Waals surface area contributed by atoms with Crippen molar-refractivity contribution < 1.29 is 9.90 Å². The molecule has 0 radical (unpaired) electrons. The van der Waals surface area contributed by atoms with Gasteiger partial charge in [-0.05, 0) is 46.8 Å². The van der Waals surface area contributed by atoms with E-state index in [1.807, 2.05) is 6.07 Å². The van der Waals surface area contributed by atoms with Crippen molar-refractivity contribution in [1.29, 1.82) is 0 Å². The van der Waals surface area contributed by atoms with Gasteiger partial charge >= 0.3 is 0 Å². The molecule has 1 aliphatic rings. The molecular formula is C13H18BrNO2S. The van der Waals surface area contributed by atoms with Crippen molar-refractivity contribution in [3.8, 4) is 0 Å². The van der Waals surface area contributed by atoms with Crippen LogP contribution in [0.25, 0.3) is 0 Å². The van der Waals surface area contributed by atoms with E-state index in [1.54, 1.807) is 6.07 Å². The first kappa shape index (κ1) is 14.0. The summed E-state index contributed by atoms with van der Waals surface area (Å²) in [5, 5.41) is 13.3. The predicted octanol–water partition coefficient (Wildman–Crippen LogP) is 3.18. The van der Waals surface area contributed by atoms with Crippen molar-refractivity contribution >= 4 is 33.2 Å². The SMILES string of the molecule is CC1CCCC(O)(CNC(=O)c2ccc(Br)s2)C1. The number of aliphatic hydroxyl groups is 1. The third-order valence-electron chi connectivity index (χ3n) is 3.44. The molecule has 0 bridgehead atoms. The van der Waals surface area contributed by atoms with Gasteiger partial charge in [-0.25, -0.2) is 0 Å². The highest BCUT2D eigenvalue weighted by molar-refractivity contribution is 9.11. The number of thiophene rings is 1. The maximum Gasteiger partial charge on any atom is 0.261 e. The third-order valence-corrected chi connectivity index (χ3v) is 5.06. The summed E-state index contributed by atoms with van der Waals surface area (Å²) in [5.41, 5.74) is -0.720. The predicted molar refractivity (Wildman–Crippen MR) is 76.9 cm³/mol. The Morgan fingerprint density at radius 2 is 2.44 bits per heavy atom. The molecule has 2 atom stereocenters. The molecule has 1 heterocycles. The van der Waals surface area contributed by atoms with Gasteiger partial charge in [-0.2, -0.15) is 0 Å². The molecule has 0 saturated heterocycles. The lowest BCUT2D eigenvalue weighted by Crippen LogP contribution is -2.45. The average Bonchev–Trinajstić information content (AvgIpc) is 2.73. The number of carbonyl (C=O) groups excluding carboxylic acids is 1. The summed E-state index contributed by atoms with van der Waals surface area (Å²) in [6, 6.07) is 3.65. The lowest BCUT2D eigenvalue weighted by atomic mass is 9.79. The summed E-state index contributed by atoms with van der Waals surface area (Å²) in [6.45, 7) is 2.51. The zero-order valence-electron chi connectivity index (χ0n) is 10.4. The van der Waals surface area contributed by atoms with Crippen LogP contribution in [0, 0.1) is 5.92 Å². The monoisotopic (exact) mass is 331 g/mol. The van der Waals surface area contributed by atoms with Crippen LogP contribution in [0.4, 0.5) is 0 Å². The van der Waals surface area contributed by atoms with Gasteiger partial charge in [0, 0.05) is 6.54 Å². The smallest absolute Gasteiger partial charge is 0.261 e. The Labute approximate surface area is 120 Å². The van der Waals surface area contributed by atoms with Gasteiger partial charge in [-0.1, -0.05) is 19.8 Å². The number of carbonyl (C=O) groups is 1. The van der Waals surface area contributed by atoms with E-state index in [0.29, 0.717) is 17.3 Å². The molecule has 2 N–H and O–H groups in total. The van der Waals surface area contributed by atoms with E-state index in [1.165, 1.54) is 17.8 Å². The maximum atomic E-state index is 11.9. The number of nitrogens with one attached hydrogen (secondary N) is 1. The molecule has 0 aromatic carbocycles. The zero-order chi connectivity index (χ0) is 13.2. The van der Waals surface area contributed by atoms with Crippen LogP contribution in [0.15, 0.2) is 15.9 Å². The molecule has 5 heteroatoms. The Balaban J connectivity index is 1.89. The van der Waals surface area contributed by atoms with Crippen molar-refractivity contribution in [2.45, 2.75) is 38.2 Å². The minimum Gasteiger partial charge on any atom is -0.388 e.